The molecule has 1 saturated heterocycles. The number of hydrogen-bond acceptors (Lipinski definition) is 9. The molecular weight excluding hydrogens is 643 g/mol. The fourth-order valence-electron chi connectivity index (χ4n) is 5.23. The lowest BCUT2D eigenvalue weighted by atomic mass is 10.1. The SMILES string of the molecule is Cc1cccc(-n2c(CNC(=O)c3ccc(S(=O)(=O)N4CCCCC4)cc3)nnc2SCC(=O)Nc2nc3ccccc3s2)c1C. The van der Waals surface area contributed by atoms with Gasteiger partial charge in [0.25, 0.3) is 5.91 Å². The number of fused-ring (bicyclic) bond motifs is 1. The number of nitrogens with one attached hydrogen (secondary N) is 2. The van der Waals surface area contributed by atoms with Gasteiger partial charge in [0.05, 0.1) is 33.1 Å². The Kier molecular flexibility index (Phi) is 9.49. The van der Waals surface area contributed by atoms with Crippen LogP contribution in [0.15, 0.2) is 76.8 Å². The van der Waals surface area contributed by atoms with Gasteiger partial charge in [-0.2, -0.15) is 4.31 Å². The predicted octanol–water partition coefficient (Wildman–Crippen LogP) is 5.33. The molecule has 1 aliphatic rings. The second kappa shape index (κ2) is 13.7. The van der Waals surface area contributed by atoms with Crippen LogP contribution >= 0.6 is 23.1 Å². The molecule has 0 atom stereocenters. The number of thiazole rings is 1. The molecule has 1 fully saturated rings. The Bertz CT molecular complexity index is 1970. The van der Waals surface area contributed by atoms with E-state index in [0.29, 0.717) is 34.8 Å². The van der Waals surface area contributed by atoms with E-state index in [0.717, 1.165) is 46.3 Å². The van der Waals surface area contributed by atoms with Gasteiger partial charge in [0.2, 0.25) is 15.9 Å². The number of rotatable bonds is 10. The minimum atomic E-state index is -3.59. The Morgan fingerprint density at radius 1 is 0.935 bits per heavy atom. The zero-order valence-electron chi connectivity index (χ0n) is 25.4. The molecule has 14 heteroatoms. The lowest BCUT2D eigenvalue weighted by Gasteiger charge is -2.25. The minimum Gasteiger partial charge on any atom is -0.345 e. The van der Waals surface area contributed by atoms with Crippen molar-refractivity contribution in [1.82, 2.24) is 29.4 Å². The topological polar surface area (TPSA) is 139 Å². The highest BCUT2D eigenvalue weighted by Gasteiger charge is 2.26. The van der Waals surface area contributed by atoms with Gasteiger partial charge < -0.3 is 10.6 Å². The number of hydrogen-bond donors (Lipinski definition) is 2. The molecule has 3 aromatic carbocycles. The number of para-hydroxylation sites is 1. The summed E-state index contributed by atoms with van der Waals surface area (Å²) in [6.07, 6.45) is 2.73. The Hall–Kier alpha value is -4.11. The highest BCUT2D eigenvalue weighted by molar-refractivity contribution is 7.99. The summed E-state index contributed by atoms with van der Waals surface area (Å²) in [5.74, 6) is -0.0275. The Balaban J connectivity index is 1.16. The van der Waals surface area contributed by atoms with Crippen molar-refractivity contribution in [3.63, 3.8) is 0 Å². The lowest BCUT2D eigenvalue weighted by molar-refractivity contribution is -0.113. The largest absolute Gasteiger partial charge is 0.345 e. The van der Waals surface area contributed by atoms with E-state index >= 15 is 0 Å². The Morgan fingerprint density at radius 3 is 2.46 bits per heavy atom. The van der Waals surface area contributed by atoms with E-state index in [1.165, 1.54) is 51.7 Å². The summed E-state index contributed by atoms with van der Waals surface area (Å²) in [4.78, 5) is 30.6. The maximum Gasteiger partial charge on any atom is 0.251 e. The first kappa shape index (κ1) is 31.9. The number of anilines is 1. The molecule has 0 radical (unpaired) electrons. The van der Waals surface area contributed by atoms with Gasteiger partial charge in [-0.15, -0.1) is 10.2 Å². The van der Waals surface area contributed by atoms with Crippen LogP contribution in [0.5, 0.6) is 0 Å². The number of sulfonamides is 1. The minimum absolute atomic E-state index is 0.0610. The average Bonchev–Trinajstić information content (AvgIpc) is 3.67. The fourth-order valence-corrected chi connectivity index (χ4v) is 8.40. The van der Waals surface area contributed by atoms with Crippen molar-refractivity contribution in [1.29, 1.82) is 0 Å². The number of aromatic nitrogens is 4. The molecule has 11 nitrogen and oxygen atoms in total. The molecule has 0 saturated carbocycles. The van der Waals surface area contributed by atoms with E-state index in [-0.39, 0.29) is 29.0 Å². The van der Waals surface area contributed by atoms with E-state index < -0.39 is 10.0 Å². The van der Waals surface area contributed by atoms with Crippen molar-refractivity contribution in [2.75, 3.05) is 24.2 Å². The number of piperidine rings is 1. The van der Waals surface area contributed by atoms with E-state index in [9.17, 15) is 18.0 Å². The molecule has 1 aliphatic heterocycles. The summed E-state index contributed by atoms with van der Waals surface area (Å²) in [6, 6.07) is 19.6. The first-order valence-corrected chi connectivity index (χ1v) is 18.1. The highest BCUT2D eigenvalue weighted by atomic mass is 32.2. The number of nitrogens with zero attached hydrogens (tertiary/aromatic N) is 5. The normalized spacial score (nSPS) is 14.0. The average molecular weight is 676 g/mol. The molecule has 46 heavy (non-hydrogen) atoms. The third kappa shape index (κ3) is 6.84. The van der Waals surface area contributed by atoms with Crippen molar-refractivity contribution in [2.24, 2.45) is 0 Å². The quantitative estimate of drug-likeness (QED) is 0.190. The third-order valence-electron chi connectivity index (χ3n) is 7.87. The standard InChI is InChI=1S/C32H33N7O4S3/c1-21-9-8-11-26(22(21)2)39-28(36-37-32(39)44-20-29(40)35-31-34-25-10-4-5-12-27(25)45-31)19-33-30(41)23-13-15-24(16-14-23)46(42,43)38-17-6-3-7-18-38/h4-5,8-16H,3,6-7,17-20H2,1-2H3,(H,33,41)(H,34,35,40). The van der Waals surface area contributed by atoms with Crippen LogP contribution in [0.1, 0.15) is 46.6 Å². The van der Waals surface area contributed by atoms with Gasteiger partial charge >= 0.3 is 0 Å². The van der Waals surface area contributed by atoms with Crippen LogP contribution in [0.2, 0.25) is 0 Å². The maximum absolute atomic E-state index is 13.1. The summed E-state index contributed by atoms with van der Waals surface area (Å²) in [5.41, 5.74) is 4.09. The van der Waals surface area contributed by atoms with Crippen molar-refractivity contribution >= 4 is 60.3 Å². The molecule has 0 aliphatic carbocycles. The number of carbonyl (C=O) groups is 2. The maximum atomic E-state index is 13.1. The van der Waals surface area contributed by atoms with Crippen LogP contribution < -0.4 is 10.6 Å². The Labute approximate surface area is 275 Å². The van der Waals surface area contributed by atoms with Gasteiger partial charge in [0.1, 0.15) is 0 Å². The van der Waals surface area contributed by atoms with Crippen LogP contribution in [-0.4, -0.2) is 63.1 Å². The van der Waals surface area contributed by atoms with E-state index in [1.54, 1.807) is 0 Å². The molecule has 6 rings (SSSR count). The summed E-state index contributed by atoms with van der Waals surface area (Å²) in [6.45, 7) is 5.10. The summed E-state index contributed by atoms with van der Waals surface area (Å²) in [7, 11) is -3.59. The molecule has 5 aromatic rings. The zero-order chi connectivity index (χ0) is 32.3. The first-order chi connectivity index (χ1) is 22.2. The number of thioether (sulfide) groups is 1. The van der Waals surface area contributed by atoms with E-state index in [2.05, 4.69) is 25.8 Å². The first-order valence-electron chi connectivity index (χ1n) is 14.9. The lowest BCUT2D eigenvalue weighted by Crippen LogP contribution is -2.35. The smallest absolute Gasteiger partial charge is 0.251 e. The number of carbonyl (C=O) groups excluding carboxylic acids is 2. The van der Waals surface area contributed by atoms with E-state index in [4.69, 9.17) is 0 Å². The summed E-state index contributed by atoms with van der Waals surface area (Å²) in [5, 5.41) is 15.5. The summed E-state index contributed by atoms with van der Waals surface area (Å²) < 4.78 is 30.4. The van der Waals surface area contributed by atoms with Gasteiger partial charge in [-0.3, -0.25) is 14.2 Å². The zero-order valence-corrected chi connectivity index (χ0v) is 27.8. The van der Waals surface area contributed by atoms with Crippen LogP contribution in [0.25, 0.3) is 15.9 Å². The van der Waals surface area contributed by atoms with Crippen LogP contribution in [0.3, 0.4) is 0 Å². The van der Waals surface area contributed by atoms with Crippen molar-refractivity contribution < 1.29 is 18.0 Å². The van der Waals surface area contributed by atoms with Crippen LogP contribution in [0, 0.1) is 13.8 Å². The second-order valence-electron chi connectivity index (χ2n) is 10.9. The van der Waals surface area contributed by atoms with Crippen molar-refractivity contribution in [3.8, 4) is 5.69 Å². The number of benzene rings is 3. The van der Waals surface area contributed by atoms with Gasteiger partial charge in [-0.05, 0) is 80.3 Å². The second-order valence-corrected chi connectivity index (χ2v) is 14.9. The summed E-state index contributed by atoms with van der Waals surface area (Å²) >= 11 is 2.65. The van der Waals surface area contributed by atoms with E-state index in [1.807, 2.05) is 60.9 Å². The molecule has 2 aromatic heterocycles. The molecule has 238 valence electrons. The van der Waals surface area contributed by atoms with Crippen LogP contribution in [-0.2, 0) is 21.4 Å². The Morgan fingerprint density at radius 2 is 1.70 bits per heavy atom. The molecule has 3 heterocycles. The predicted molar refractivity (Wildman–Crippen MR) is 180 cm³/mol. The fraction of sp³-hybridized carbons (Fsp3) is 0.281. The highest BCUT2D eigenvalue weighted by Crippen LogP contribution is 2.28. The molecular formula is C32H33N7O4S3. The third-order valence-corrected chi connectivity index (χ3v) is 11.7. The van der Waals surface area contributed by atoms with Gasteiger partial charge in [0, 0.05) is 18.7 Å². The van der Waals surface area contributed by atoms with Crippen molar-refractivity contribution in [2.45, 2.75) is 49.7 Å². The molecule has 2 amide bonds. The van der Waals surface area contributed by atoms with Gasteiger partial charge in [-0.1, -0.05) is 53.8 Å². The molecule has 0 spiro atoms. The number of aryl methyl sites for hydroxylation is 1. The van der Waals surface area contributed by atoms with Crippen molar-refractivity contribution in [3.05, 3.63) is 89.2 Å². The van der Waals surface area contributed by atoms with Gasteiger partial charge in [-0.25, -0.2) is 13.4 Å². The van der Waals surface area contributed by atoms with Gasteiger partial charge in [0.15, 0.2) is 16.1 Å². The molecule has 0 unspecified atom stereocenters. The number of amides is 2. The molecule has 2 N–H and O–H groups in total. The van der Waals surface area contributed by atoms with Crippen LogP contribution in [0.4, 0.5) is 5.13 Å². The molecule has 0 bridgehead atoms. The monoisotopic (exact) mass is 675 g/mol.